The standard InChI is InChI=1S/C26H33F3N6/c1-18(2)33-13-9-20(10-14-33)34-11-4-12-35(16-15-34)24-6-3-5-22(30-24)25-31-21-8-7-19(26(27,28)29)17-23(21)32-25/h3,5-8,17-18,20H,4,9-16H2,1-2H3,(H,31,32). The molecule has 4 heterocycles. The smallest absolute Gasteiger partial charge is 0.355 e. The molecule has 2 aliphatic rings. The normalized spacial score (nSPS) is 19.5. The highest BCUT2D eigenvalue weighted by Crippen LogP contribution is 2.32. The molecule has 5 rings (SSSR count). The number of hydrogen-bond donors (Lipinski definition) is 1. The highest BCUT2D eigenvalue weighted by atomic mass is 19.4. The van der Waals surface area contributed by atoms with E-state index in [1.54, 1.807) is 0 Å². The number of anilines is 1. The van der Waals surface area contributed by atoms with Crippen LogP contribution in [0, 0.1) is 0 Å². The number of hydrogen-bond acceptors (Lipinski definition) is 5. The van der Waals surface area contributed by atoms with Crippen molar-refractivity contribution in [1.82, 2.24) is 24.8 Å². The van der Waals surface area contributed by atoms with Crippen LogP contribution in [0.25, 0.3) is 22.6 Å². The zero-order valence-electron chi connectivity index (χ0n) is 20.4. The van der Waals surface area contributed by atoms with Gasteiger partial charge in [-0.2, -0.15) is 13.2 Å². The van der Waals surface area contributed by atoms with Crippen LogP contribution < -0.4 is 4.90 Å². The molecule has 0 amide bonds. The second-order valence-corrected chi connectivity index (χ2v) is 9.93. The van der Waals surface area contributed by atoms with Crippen LogP contribution in [0.5, 0.6) is 0 Å². The molecule has 3 aromatic rings. The Morgan fingerprint density at radius 3 is 2.49 bits per heavy atom. The number of rotatable bonds is 4. The summed E-state index contributed by atoms with van der Waals surface area (Å²) in [5, 5.41) is 0. The molecule has 1 aromatic carbocycles. The summed E-state index contributed by atoms with van der Waals surface area (Å²) in [6.45, 7) is 10.9. The van der Waals surface area contributed by atoms with Crippen molar-refractivity contribution in [2.75, 3.05) is 44.2 Å². The number of benzene rings is 1. The van der Waals surface area contributed by atoms with Gasteiger partial charge in [0.2, 0.25) is 0 Å². The summed E-state index contributed by atoms with van der Waals surface area (Å²) < 4.78 is 39.2. The van der Waals surface area contributed by atoms with Crippen LogP contribution in [0.2, 0.25) is 0 Å². The first kappa shape index (κ1) is 24.1. The van der Waals surface area contributed by atoms with Gasteiger partial charge < -0.3 is 14.8 Å². The average Bonchev–Trinajstić information content (AvgIpc) is 3.12. The minimum Gasteiger partial charge on any atom is -0.355 e. The Morgan fingerprint density at radius 1 is 0.943 bits per heavy atom. The largest absolute Gasteiger partial charge is 0.416 e. The van der Waals surface area contributed by atoms with E-state index in [0.717, 1.165) is 50.6 Å². The Hall–Kier alpha value is -2.65. The van der Waals surface area contributed by atoms with E-state index in [-0.39, 0.29) is 0 Å². The molecule has 35 heavy (non-hydrogen) atoms. The van der Waals surface area contributed by atoms with Gasteiger partial charge in [-0.25, -0.2) is 9.97 Å². The highest BCUT2D eigenvalue weighted by Gasteiger charge is 2.31. The van der Waals surface area contributed by atoms with E-state index in [2.05, 4.69) is 38.5 Å². The third-order valence-electron chi connectivity index (χ3n) is 7.39. The van der Waals surface area contributed by atoms with Crippen LogP contribution in [0.15, 0.2) is 36.4 Å². The van der Waals surface area contributed by atoms with Crippen molar-refractivity contribution in [2.24, 2.45) is 0 Å². The van der Waals surface area contributed by atoms with Gasteiger partial charge in [0.25, 0.3) is 0 Å². The number of aromatic nitrogens is 3. The molecule has 1 N–H and O–H groups in total. The van der Waals surface area contributed by atoms with Gasteiger partial charge in [-0.05, 0) is 76.5 Å². The maximum atomic E-state index is 13.1. The topological polar surface area (TPSA) is 51.3 Å². The van der Waals surface area contributed by atoms with Gasteiger partial charge >= 0.3 is 6.18 Å². The molecule has 2 saturated heterocycles. The fourth-order valence-electron chi connectivity index (χ4n) is 5.34. The van der Waals surface area contributed by atoms with Gasteiger partial charge in [0, 0.05) is 38.3 Å². The lowest BCUT2D eigenvalue weighted by Crippen LogP contribution is -2.47. The summed E-state index contributed by atoms with van der Waals surface area (Å²) in [6.07, 6.45) is -0.840. The van der Waals surface area contributed by atoms with Crippen LogP contribution >= 0.6 is 0 Å². The Bertz CT molecular complexity index is 1150. The van der Waals surface area contributed by atoms with Gasteiger partial charge in [0.1, 0.15) is 11.5 Å². The molecule has 0 atom stereocenters. The van der Waals surface area contributed by atoms with Crippen molar-refractivity contribution in [3.8, 4) is 11.5 Å². The summed E-state index contributed by atoms with van der Waals surface area (Å²) in [7, 11) is 0. The molecule has 0 saturated carbocycles. The lowest BCUT2D eigenvalue weighted by Gasteiger charge is -2.39. The fourth-order valence-corrected chi connectivity index (χ4v) is 5.34. The zero-order chi connectivity index (χ0) is 24.6. The molecule has 0 unspecified atom stereocenters. The summed E-state index contributed by atoms with van der Waals surface area (Å²) in [6, 6.07) is 10.6. The van der Waals surface area contributed by atoms with Crippen molar-refractivity contribution < 1.29 is 13.2 Å². The van der Waals surface area contributed by atoms with E-state index < -0.39 is 11.7 Å². The Morgan fingerprint density at radius 2 is 1.74 bits per heavy atom. The third kappa shape index (κ3) is 5.30. The highest BCUT2D eigenvalue weighted by molar-refractivity contribution is 5.79. The first-order valence-corrected chi connectivity index (χ1v) is 12.6. The SMILES string of the molecule is CC(C)N1CCC(N2CCCN(c3cccc(-c4nc5ccc(C(F)(F)F)cc5[nH]4)n3)CC2)CC1. The summed E-state index contributed by atoms with van der Waals surface area (Å²) >= 11 is 0. The van der Waals surface area contributed by atoms with Gasteiger partial charge in [-0.15, -0.1) is 0 Å². The van der Waals surface area contributed by atoms with Crippen molar-refractivity contribution in [3.05, 3.63) is 42.0 Å². The summed E-state index contributed by atoms with van der Waals surface area (Å²) in [5.74, 6) is 1.37. The predicted molar refractivity (Wildman–Crippen MR) is 132 cm³/mol. The molecule has 0 bridgehead atoms. The lowest BCUT2D eigenvalue weighted by atomic mass is 10.0. The van der Waals surface area contributed by atoms with E-state index in [1.807, 2.05) is 18.2 Å². The fraction of sp³-hybridized carbons (Fsp3) is 0.538. The number of likely N-dealkylation sites (tertiary alicyclic amines) is 1. The van der Waals surface area contributed by atoms with E-state index in [4.69, 9.17) is 4.98 Å². The van der Waals surface area contributed by atoms with Crippen LogP contribution in [0.4, 0.5) is 19.0 Å². The minimum atomic E-state index is -4.39. The molecule has 2 aliphatic heterocycles. The number of piperidine rings is 1. The molecule has 9 heteroatoms. The first-order valence-electron chi connectivity index (χ1n) is 12.6. The second-order valence-electron chi connectivity index (χ2n) is 9.93. The number of fused-ring (bicyclic) bond motifs is 1. The van der Waals surface area contributed by atoms with Crippen molar-refractivity contribution in [1.29, 1.82) is 0 Å². The molecule has 2 fully saturated rings. The monoisotopic (exact) mass is 486 g/mol. The molecular formula is C26H33F3N6. The van der Waals surface area contributed by atoms with Crippen LogP contribution in [0.1, 0.15) is 38.7 Å². The van der Waals surface area contributed by atoms with E-state index in [9.17, 15) is 13.2 Å². The number of aromatic amines is 1. The number of pyridine rings is 1. The number of imidazole rings is 1. The van der Waals surface area contributed by atoms with Crippen LogP contribution in [0.3, 0.4) is 0 Å². The molecule has 0 aliphatic carbocycles. The predicted octanol–water partition coefficient (Wildman–Crippen LogP) is 5.03. The third-order valence-corrected chi connectivity index (χ3v) is 7.39. The quantitative estimate of drug-likeness (QED) is 0.561. The maximum absolute atomic E-state index is 13.1. The molecule has 6 nitrogen and oxygen atoms in total. The van der Waals surface area contributed by atoms with Crippen molar-refractivity contribution in [2.45, 2.75) is 51.4 Å². The maximum Gasteiger partial charge on any atom is 0.416 e. The molecule has 188 valence electrons. The van der Waals surface area contributed by atoms with Crippen LogP contribution in [-0.4, -0.2) is 76.1 Å². The lowest BCUT2D eigenvalue weighted by molar-refractivity contribution is -0.137. The summed E-state index contributed by atoms with van der Waals surface area (Å²) in [4.78, 5) is 19.9. The molecule has 0 radical (unpaired) electrons. The zero-order valence-corrected chi connectivity index (χ0v) is 20.4. The van der Waals surface area contributed by atoms with E-state index in [0.29, 0.717) is 34.6 Å². The van der Waals surface area contributed by atoms with E-state index in [1.165, 1.54) is 32.0 Å². The first-order chi connectivity index (χ1) is 16.8. The Labute approximate surface area is 204 Å². The number of nitrogens with one attached hydrogen (secondary N) is 1. The summed E-state index contributed by atoms with van der Waals surface area (Å²) in [5.41, 5.74) is 0.797. The van der Waals surface area contributed by atoms with Gasteiger partial charge in [0.15, 0.2) is 5.82 Å². The van der Waals surface area contributed by atoms with Gasteiger partial charge in [0.05, 0.1) is 16.6 Å². The molecular weight excluding hydrogens is 453 g/mol. The van der Waals surface area contributed by atoms with Crippen molar-refractivity contribution >= 4 is 16.9 Å². The number of H-pyrrole nitrogens is 1. The number of alkyl halides is 3. The van der Waals surface area contributed by atoms with Crippen molar-refractivity contribution in [3.63, 3.8) is 0 Å². The molecule has 0 spiro atoms. The Balaban J connectivity index is 1.28. The van der Waals surface area contributed by atoms with Gasteiger partial charge in [-0.3, -0.25) is 4.90 Å². The number of nitrogens with zero attached hydrogens (tertiary/aromatic N) is 5. The second kappa shape index (κ2) is 9.78. The van der Waals surface area contributed by atoms with Gasteiger partial charge in [-0.1, -0.05) is 6.07 Å². The minimum absolute atomic E-state index is 0.357. The van der Waals surface area contributed by atoms with Crippen LogP contribution in [-0.2, 0) is 6.18 Å². The Kier molecular flexibility index (Phi) is 6.72. The molecule has 2 aromatic heterocycles. The number of halogens is 3. The van der Waals surface area contributed by atoms with E-state index >= 15 is 0 Å². The average molecular weight is 487 g/mol.